The summed E-state index contributed by atoms with van der Waals surface area (Å²) in [6.45, 7) is 10.9. The molecule has 0 saturated carbocycles. The molecule has 4 nitrogen and oxygen atoms in total. The molecule has 0 fully saturated rings. The molecule has 0 bridgehead atoms. The number of phosphoric ester groups is 1. The molecule has 1 atom stereocenters. The third-order valence-electron chi connectivity index (χ3n) is 4.15. The number of phosphoric acid groups is 1. The Labute approximate surface area is 154 Å². The van der Waals surface area contributed by atoms with Crippen molar-refractivity contribution in [2.24, 2.45) is 5.92 Å². The van der Waals surface area contributed by atoms with Gasteiger partial charge >= 0.3 is 7.82 Å². The zero-order chi connectivity index (χ0) is 19.3. The molecule has 0 unspecified atom stereocenters. The fourth-order valence-electron chi connectivity index (χ4n) is 2.47. The Balaban J connectivity index is 3.90. The summed E-state index contributed by atoms with van der Waals surface area (Å²) in [6, 6.07) is 0. The van der Waals surface area contributed by atoms with Crippen molar-refractivity contribution in [1.29, 1.82) is 0 Å². The van der Waals surface area contributed by atoms with Crippen LogP contribution in [-0.4, -0.2) is 16.4 Å². The largest absolute Gasteiger partial charge is 0.469 e. The maximum atomic E-state index is 10.6. The number of rotatable bonds is 13. The smallest absolute Gasteiger partial charge is 0.303 e. The van der Waals surface area contributed by atoms with E-state index < -0.39 is 7.82 Å². The lowest BCUT2D eigenvalue weighted by molar-refractivity contribution is 0.185. The fourth-order valence-corrected chi connectivity index (χ4v) is 2.81. The van der Waals surface area contributed by atoms with E-state index in [9.17, 15) is 4.57 Å². The third-order valence-corrected chi connectivity index (χ3v) is 4.66. The summed E-state index contributed by atoms with van der Waals surface area (Å²) in [4.78, 5) is 17.3. The van der Waals surface area contributed by atoms with Crippen LogP contribution < -0.4 is 0 Å². The van der Waals surface area contributed by atoms with Crippen molar-refractivity contribution in [3.63, 3.8) is 0 Å². The van der Waals surface area contributed by atoms with Crippen LogP contribution in [0.3, 0.4) is 0 Å². The lowest BCUT2D eigenvalue weighted by atomic mass is 10.0. The first kappa shape index (κ1) is 24.3. The summed E-state index contributed by atoms with van der Waals surface area (Å²) < 4.78 is 15.1. The molecular weight excluding hydrogens is 335 g/mol. The highest BCUT2D eigenvalue weighted by Crippen LogP contribution is 2.36. The van der Waals surface area contributed by atoms with E-state index in [1.54, 1.807) is 0 Å². The number of hydrogen-bond acceptors (Lipinski definition) is 2. The molecule has 0 heterocycles. The van der Waals surface area contributed by atoms with Crippen LogP contribution in [0.2, 0.25) is 0 Å². The molecule has 0 aromatic heterocycles. The molecular formula is C20H37O4P. The van der Waals surface area contributed by atoms with Gasteiger partial charge in [-0.3, -0.25) is 4.52 Å². The van der Waals surface area contributed by atoms with Gasteiger partial charge < -0.3 is 9.79 Å². The fraction of sp³-hybridized carbons (Fsp3) is 0.700. The molecule has 0 aromatic carbocycles. The molecule has 0 aromatic rings. The van der Waals surface area contributed by atoms with E-state index in [2.05, 4.69) is 57.4 Å². The van der Waals surface area contributed by atoms with Crippen LogP contribution in [0.5, 0.6) is 0 Å². The quantitative estimate of drug-likeness (QED) is 0.293. The van der Waals surface area contributed by atoms with Gasteiger partial charge in [-0.1, -0.05) is 41.9 Å². The molecule has 0 radical (unpaired) electrons. The lowest BCUT2D eigenvalue weighted by Crippen LogP contribution is -2.00. The van der Waals surface area contributed by atoms with Gasteiger partial charge in [-0.2, -0.15) is 0 Å². The number of hydrogen-bond donors (Lipinski definition) is 2. The normalized spacial score (nSPS) is 14.5. The highest BCUT2D eigenvalue weighted by atomic mass is 31.2. The van der Waals surface area contributed by atoms with Crippen molar-refractivity contribution in [2.45, 2.75) is 79.6 Å². The van der Waals surface area contributed by atoms with Gasteiger partial charge in [0.15, 0.2) is 0 Å². The predicted molar refractivity (Wildman–Crippen MR) is 106 cm³/mol. The molecule has 0 aliphatic rings. The average Bonchev–Trinajstić information content (AvgIpc) is 2.45. The third kappa shape index (κ3) is 17.9. The van der Waals surface area contributed by atoms with E-state index in [-0.39, 0.29) is 6.61 Å². The van der Waals surface area contributed by atoms with E-state index in [1.807, 2.05) is 0 Å². The first-order chi connectivity index (χ1) is 11.6. The molecule has 0 aliphatic heterocycles. The molecule has 5 heteroatoms. The summed E-state index contributed by atoms with van der Waals surface area (Å²) >= 11 is 0. The van der Waals surface area contributed by atoms with E-state index in [0.717, 1.165) is 38.5 Å². The van der Waals surface area contributed by atoms with Gasteiger partial charge in [-0.05, 0) is 78.6 Å². The minimum Gasteiger partial charge on any atom is -0.303 e. The van der Waals surface area contributed by atoms with E-state index in [4.69, 9.17) is 9.79 Å². The molecule has 0 amide bonds. The maximum Gasteiger partial charge on any atom is 0.469 e. The average molecular weight is 372 g/mol. The van der Waals surface area contributed by atoms with Gasteiger partial charge in [0.25, 0.3) is 0 Å². The van der Waals surface area contributed by atoms with Gasteiger partial charge in [0.2, 0.25) is 0 Å². The first-order valence-corrected chi connectivity index (χ1v) is 10.8. The highest BCUT2D eigenvalue weighted by Gasteiger charge is 2.13. The van der Waals surface area contributed by atoms with Crippen LogP contribution in [0.25, 0.3) is 0 Å². The second-order valence-electron chi connectivity index (χ2n) is 7.25. The molecule has 0 rings (SSSR count). The van der Waals surface area contributed by atoms with Crippen molar-refractivity contribution in [2.75, 3.05) is 6.61 Å². The van der Waals surface area contributed by atoms with Gasteiger partial charge in [0.05, 0.1) is 6.61 Å². The van der Waals surface area contributed by atoms with Gasteiger partial charge in [0, 0.05) is 0 Å². The highest BCUT2D eigenvalue weighted by molar-refractivity contribution is 7.46. The molecule has 146 valence electrons. The monoisotopic (exact) mass is 372 g/mol. The van der Waals surface area contributed by atoms with E-state index in [1.165, 1.54) is 16.7 Å². The van der Waals surface area contributed by atoms with Gasteiger partial charge in [-0.25, -0.2) is 4.57 Å². The molecule has 2 N–H and O–H groups in total. The topological polar surface area (TPSA) is 66.8 Å². The van der Waals surface area contributed by atoms with Crippen molar-refractivity contribution in [3.05, 3.63) is 34.9 Å². The maximum absolute atomic E-state index is 10.6. The molecule has 25 heavy (non-hydrogen) atoms. The summed E-state index contributed by atoms with van der Waals surface area (Å²) in [6.07, 6.45) is 14.1. The van der Waals surface area contributed by atoms with E-state index >= 15 is 0 Å². The minimum absolute atomic E-state index is 0.116. The van der Waals surface area contributed by atoms with Crippen LogP contribution in [0.15, 0.2) is 34.9 Å². The molecule has 0 aliphatic carbocycles. The predicted octanol–water partition coefficient (Wildman–Crippen LogP) is 6.32. The Morgan fingerprint density at radius 1 is 0.920 bits per heavy atom. The zero-order valence-corrected chi connectivity index (χ0v) is 17.5. The van der Waals surface area contributed by atoms with Gasteiger partial charge in [-0.15, -0.1) is 0 Å². The van der Waals surface area contributed by atoms with E-state index in [0.29, 0.717) is 12.3 Å². The van der Waals surface area contributed by atoms with Crippen molar-refractivity contribution >= 4 is 7.82 Å². The zero-order valence-electron chi connectivity index (χ0n) is 16.6. The van der Waals surface area contributed by atoms with Crippen LogP contribution in [0.1, 0.15) is 79.6 Å². The summed E-state index contributed by atoms with van der Waals surface area (Å²) in [5.74, 6) is 0.396. The lowest BCUT2D eigenvalue weighted by Gasteiger charge is -2.11. The Bertz CT molecular complexity index is 496. The van der Waals surface area contributed by atoms with Crippen molar-refractivity contribution in [3.8, 4) is 0 Å². The van der Waals surface area contributed by atoms with Crippen LogP contribution in [0.4, 0.5) is 0 Å². The van der Waals surface area contributed by atoms with Crippen molar-refractivity contribution in [1.82, 2.24) is 0 Å². The van der Waals surface area contributed by atoms with Crippen molar-refractivity contribution < 1.29 is 18.9 Å². The molecule has 0 saturated heterocycles. The summed E-state index contributed by atoms with van der Waals surface area (Å²) in [5, 5.41) is 0. The Hall–Kier alpha value is -0.670. The van der Waals surface area contributed by atoms with Crippen LogP contribution in [-0.2, 0) is 9.09 Å². The first-order valence-electron chi connectivity index (χ1n) is 9.25. The minimum atomic E-state index is -4.32. The summed E-state index contributed by atoms with van der Waals surface area (Å²) in [7, 11) is -4.32. The Morgan fingerprint density at radius 2 is 1.44 bits per heavy atom. The SMILES string of the molecule is CC(C)=CCC/C(C)=C\CC/C(C)=C\CC[C@H](C)CCOP(=O)(O)O. The second-order valence-corrected chi connectivity index (χ2v) is 8.49. The summed E-state index contributed by atoms with van der Waals surface area (Å²) in [5.41, 5.74) is 4.25. The Kier molecular flexibility index (Phi) is 13.2. The van der Waals surface area contributed by atoms with Crippen LogP contribution in [0, 0.1) is 5.92 Å². The number of allylic oxidation sites excluding steroid dienone is 6. The molecule has 0 spiro atoms. The van der Waals surface area contributed by atoms with Crippen LogP contribution >= 0.6 is 7.82 Å². The van der Waals surface area contributed by atoms with Gasteiger partial charge in [0.1, 0.15) is 0 Å². The standard InChI is InChI=1S/C20H37O4P/c1-17(2)9-6-10-18(3)11-7-12-19(4)13-8-14-20(5)15-16-24-25(21,22)23/h9,11,13,20H,6-8,10,12,14-16H2,1-5H3,(H2,21,22,23)/b18-11-,19-13-/t20-/m0/s1. The Morgan fingerprint density at radius 3 is 1.96 bits per heavy atom. The second kappa shape index (κ2) is 13.5.